The van der Waals surface area contributed by atoms with Crippen molar-refractivity contribution in [2.45, 2.75) is 20.0 Å². The van der Waals surface area contributed by atoms with Crippen LogP contribution in [0.4, 0.5) is 10.1 Å². The molecule has 0 radical (unpaired) electrons. The molecular weight excluding hydrogens is 391 g/mol. The van der Waals surface area contributed by atoms with Gasteiger partial charge in [-0.3, -0.25) is 19.3 Å². The van der Waals surface area contributed by atoms with Gasteiger partial charge in [0.1, 0.15) is 5.82 Å². The number of carbonyl (C=O) groups excluding carboxylic acids is 4. The molecule has 3 amide bonds. The molecule has 1 aliphatic heterocycles. The van der Waals surface area contributed by atoms with E-state index < -0.39 is 35.6 Å². The van der Waals surface area contributed by atoms with E-state index in [4.69, 9.17) is 4.74 Å². The zero-order valence-electron chi connectivity index (χ0n) is 16.4. The Morgan fingerprint density at radius 1 is 1.17 bits per heavy atom. The van der Waals surface area contributed by atoms with Gasteiger partial charge in [0.15, 0.2) is 6.10 Å². The summed E-state index contributed by atoms with van der Waals surface area (Å²) in [5.74, 6) is -2.95. The van der Waals surface area contributed by atoms with Crippen molar-refractivity contribution < 1.29 is 28.3 Å². The number of benzene rings is 2. The second kappa shape index (κ2) is 8.28. The van der Waals surface area contributed by atoms with Gasteiger partial charge in [-0.25, -0.2) is 9.18 Å². The van der Waals surface area contributed by atoms with Crippen LogP contribution in [0.25, 0.3) is 0 Å². The monoisotopic (exact) mass is 410 g/mol. The number of nitrogens with zero attached hydrogens (tertiary/aromatic N) is 1. The van der Waals surface area contributed by atoms with E-state index in [0.717, 1.165) is 4.90 Å². The fourth-order valence-electron chi connectivity index (χ4n) is 2.91. The van der Waals surface area contributed by atoms with E-state index in [1.54, 1.807) is 6.92 Å². The van der Waals surface area contributed by atoms with Gasteiger partial charge in [0, 0.05) is 12.2 Å². The Bertz CT molecular complexity index is 1080. The highest BCUT2D eigenvalue weighted by molar-refractivity contribution is 6.22. The molecule has 8 heteroatoms. The number of aryl methyl sites for hydroxylation is 1. The number of esters is 1. The number of hydrogen-bond acceptors (Lipinski definition) is 5. The molecule has 0 saturated carbocycles. The number of carbonyl (C=O) groups is 4. The number of rotatable bonds is 6. The summed E-state index contributed by atoms with van der Waals surface area (Å²) in [6.45, 7) is 6.53. The molecular formula is C22H19FN2O5. The highest BCUT2D eigenvalue weighted by atomic mass is 19.1. The molecule has 1 N–H and O–H groups in total. The Labute approximate surface area is 172 Å². The fraction of sp³-hybridized carbons (Fsp3) is 0.182. The lowest BCUT2D eigenvalue weighted by molar-refractivity contribution is -0.123. The lowest BCUT2D eigenvalue weighted by Gasteiger charge is -2.14. The number of ether oxygens (including phenoxy) is 1. The van der Waals surface area contributed by atoms with Crippen LogP contribution in [0.5, 0.6) is 0 Å². The highest BCUT2D eigenvalue weighted by Gasteiger charge is 2.35. The van der Waals surface area contributed by atoms with Crippen molar-refractivity contribution in [2.75, 3.05) is 11.9 Å². The molecule has 154 valence electrons. The van der Waals surface area contributed by atoms with Gasteiger partial charge in [0.05, 0.1) is 16.7 Å². The molecule has 7 nitrogen and oxygen atoms in total. The number of anilines is 1. The van der Waals surface area contributed by atoms with Gasteiger partial charge in [-0.15, -0.1) is 6.58 Å². The summed E-state index contributed by atoms with van der Waals surface area (Å²) in [4.78, 5) is 50.3. The summed E-state index contributed by atoms with van der Waals surface area (Å²) in [6, 6.07) is 8.20. The van der Waals surface area contributed by atoms with Gasteiger partial charge in [-0.2, -0.15) is 0 Å². The SMILES string of the molecule is C=CCN1C(=O)c2ccc(C(=O)O[C@@H](C)C(=O)Nc3ccc(C)c(F)c3)cc2C1=O. The minimum Gasteiger partial charge on any atom is -0.449 e. The van der Waals surface area contributed by atoms with Gasteiger partial charge in [0.2, 0.25) is 0 Å². The van der Waals surface area contributed by atoms with Crippen molar-refractivity contribution in [3.63, 3.8) is 0 Å². The van der Waals surface area contributed by atoms with Crippen LogP contribution in [0.15, 0.2) is 49.1 Å². The predicted octanol–water partition coefficient (Wildman–Crippen LogP) is 3.10. The molecule has 0 saturated heterocycles. The highest BCUT2D eigenvalue weighted by Crippen LogP contribution is 2.24. The Balaban J connectivity index is 1.70. The number of amides is 3. The van der Waals surface area contributed by atoms with Crippen molar-refractivity contribution in [3.8, 4) is 0 Å². The summed E-state index contributed by atoms with van der Waals surface area (Å²) in [5, 5.41) is 2.47. The van der Waals surface area contributed by atoms with Gasteiger partial charge in [-0.1, -0.05) is 12.1 Å². The van der Waals surface area contributed by atoms with E-state index in [1.807, 2.05) is 0 Å². The van der Waals surface area contributed by atoms with E-state index >= 15 is 0 Å². The zero-order chi connectivity index (χ0) is 22.0. The number of nitrogens with one attached hydrogen (secondary N) is 1. The number of imide groups is 1. The molecule has 0 spiro atoms. The topological polar surface area (TPSA) is 92.8 Å². The van der Waals surface area contributed by atoms with Crippen LogP contribution < -0.4 is 5.32 Å². The molecule has 1 heterocycles. The Hall–Kier alpha value is -3.81. The average Bonchev–Trinajstić information content (AvgIpc) is 2.95. The molecule has 1 atom stereocenters. The summed E-state index contributed by atoms with van der Waals surface area (Å²) >= 11 is 0. The lowest BCUT2D eigenvalue weighted by atomic mass is 10.1. The van der Waals surface area contributed by atoms with Crippen molar-refractivity contribution in [1.82, 2.24) is 4.90 Å². The second-order valence-electron chi connectivity index (χ2n) is 6.77. The summed E-state index contributed by atoms with van der Waals surface area (Å²) in [7, 11) is 0. The fourth-order valence-corrected chi connectivity index (χ4v) is 2.91. The molecule has 0 aliphatic carbocycles. The van der Waals surface area contributed by atoms with Gasteiger partial charge in [-0.05, 0) is 49.7 Å². The van der Waals surface area contributed by atoms with Crippen molar-refractivity contribution in [1.29, 1.82) is 0 Å². The third-order valence-corrected chi connectivity index (χ3v) is 4.61. The molecule has 2 aromatic carbocycles. The molecule has 0 bridgehead atoms. The largest absolute Gasteiger partial charge is 0.449 e. The van der Waals surface area contributed by atoms with Crippen molar-refractivity contribution >= 4 is 29.4 Å². The minimum atomic E-state index is -1.18. The summed E-state index contributed by atoms with van der Waals surface area (Å²) < 4.78 is 18.8. The maximum absolute atomic E-state index is 13.6. The maximum Gasteiger partial charge on any atom is 0.338 e. The number of halogens is 1. The van der Waals surface area contributed by atoms with E-state index in [9.17, 15) is 23.6 Å². The first-order chi connectivity index (χ1) is 14.2. The minimum absolute atomic E-state index is 0.0244. The van der Waals surface area contributed by atoms with Crippen molar-refractivity contribution in [2.24, 2.45) is 0 Å². The first-order valence-electron chi connectivity index (χ1n) is 9.12. The standard InChI is InChI=1S/C22H19FN2O5/c1-4-9-25-20(27)16-8-6-14(10-17(16)21(25)28)22(29)30-13(3)19(26)24-15-7-5-12(2)18(23)11-15/h4-8,10-11,13H,1,9H2,2-3H3,(H,24,26)/t13-/m0/s1. The van der Waals surface area contributed by atoms with Gasteiger partial charge >= 0.3 is 5.97 Å². The molecule has 0 aromatic heterocycles. The van der Waals surface area contributed by atoms with Gasteiger partial charge in [0.25, 0.3) is 17.7 Å². The second-order valence-corrected chi connectivity index (χ2v) is 6.77. The predicted molar refractivity (Wildman–Crippen MR) is 107 cm³/mol. The summed E-state index contributed by atoms with van der Waals surface area (Å²) in [6.07, 6.45) is 0.251. The van der Waals surface area contributed by atoms with E-state index in [-0.39, 0.29) is 28.9 Å². The molecule has 0 unspecified atom stereocenters. The van der Waals surface area contributed by atoms with E-state index in [0.29, 0.717) is 5.56 Å². The first-order valence-corrected chi connectivity index (χ1v) is 9.12. The zero-order valence-corrected chi connectivity index (χ0v) is 16.4. The van der Waals surface area contributed by atoms with Crippen LogP contribution in [0.1, 0.15) is 43.6 Å². The van der Waals surface area contributed by atoms with Gasteiger partial charge < -0.3 is 10.1 Å². The average molecular weight is 410 g/mol. The van der Waals surface area contributed by atoms with Crippen LogP contribution in [-0.4, -0.2) is 41.2 Å². The number of fused-ring (bicyclic) bond motifs is 1. The Morgan fingerprint density at radius 3 is 2.53 bits per heavy atom. The molecule has 0 fully saturated rings. The smallest absolute Gasteiger partial charge is 0.338 e. The first kappa shape index (κ1) is 20.9. The molecule has 1 aliphatic rings. The third-order valence-electron chi connectivity index (χ3n) is 4.61. The molecule has 2 aromatic rings. The molecule has 3 rings (SSSR count). The maximum atomic E-state index is 13.6. The number of hydrogen-bond donors (Lipinski definition) is 1. The normalized spacial score (nSPS) is 13.6. The van der Waals surface area contributed by atoms with Crippen LogP contribution in [-0.2, 0) is 9.53 Å². The van der Waals surface area contributed by atoms with E-state index in [2.05, 4.69) is 11.9 Å². The van der Waals surface area contributed by atoms with Crippen LogP contribution in [0.2, 0.25) is 0 Å². The van der Waals surface area contributed by atoms with E-state index in [1.165, 1.54) is 49.4 Å². The quantitative estimate of drug-likeness (QED) is 0.449. The third kappa shape index (κ3) is 3.98. The Morgan fingerprint density at radius 2 is 1.87 bits per heavy atom. The van der Waals surface area contributed by atoms with Crippen LogP contribution in [0, 0.1) is 12.7 Å². The van der Waals surface area contributed by atoms with Crippen LogP contribution in [0.3, 0.4) is 0 Å². The summed E-state index contributed by atoms with van der Waals surface area (Å²) in [5.41, 5.74) is 0.962. The lowest BCUT2D eigenvalue weighted by Crippen LogP contribution is -2.30. The van der Waals surface area contributed by atoms with Crippen LogP contribution >= 0.6 is 0 Å². The molecule has 30 heavy (non-hydrogen) atoms. The Kier molecular flexibility index (Phi) is 5.77. The van der Waals surface area contributed by atoms with Crippen molar-refractivity contribution in [3.05, 3.63) is 77.1 Å².